The molecule has 0 aliphatic rings. The summed E-state index contributed by atoms with van der Waals surface area (Å²) in [5, 5.41) is 2.95. The molecule has 0 fully saturated rings. The Morgan fingerprint density at radius 3 is 2.34 bits per heavy atom. The zero-order chi connectivity index (χ0) is 27.2. The van der Waals surface area contributed by atoms with E-state index in [1.54, 1.807) is 49.6 Å². The Kier molecular flexibility index (Phi) is 8.03. The van der Waals surface area contributed by atoms with Crippen molar-refractivity contribution in [2.24, 2.45) is 5.73 Å². The summed E-state index contributed by atoms with van der Waals surface area (Å²) in [6, 6.07) is 22.5. The van der Waals surface area contributed by atoms with Gasteiger partial charge in [-0.3, -0.25) is 19.3 Å². The highest BCUT2D eigenvalue weighted by atomic mass is 32.1. The van der Waals surface area contributed by atoms with E-state index in [2.05, 4.69) is 9.69 Å². The van der Waals surface area contributed by atoms with Crippen LogP contribution in [0.3, 0.4) is 0 Å². The predicted molar refractivity (Wildman–Crippen MR) is 147 cm³/mol. The number of nitrogens with one attached hydrogen (secondary N) is 1. The number of carbonyl (C=O) groups is 3. The van der Waals surface area contributed by atoms with Crippen LogP contribution in [-0.4, -0.2) is 29.2 Å². The minimum absolute atomic E-state index is 0.00896. The molecule has 0 aliphatic carbocycles. The van der Waals surface area contributed by atoms with Crippen molar-refractivity contribution in [1.82, 2.24) is 9.69 Å². The van der Waals surface area contributed by atoms with Gasteiger partial charge in [0.05, 0.1) is 12.8 Å². The Bertz CT molecular complexity index is 1450. The number of amides is 3. The van der Waals surface area contributed by atoms with Gasteiger partial charge in [0.15, 0.2) is 5.69 Å². The number of primary amides is 1. The van der Waals surface area contributed by atoms with E-state index in [9.17, 15) is 14.4 Å². The van der Waals surface area contributed by atoms with Crippen LogP contribution in [0.2, 0.25) is 0 Å². The van der Waals surface area contributed by atoms with Crippen LogP contribution in [0.4, 0.5) is 11.4 Å². The molecule has 194 valence electrons. The molecule has 10 heteroatoms. The second kappa shape index (κ2) is 11.6. The molecule has 4 aromatic rings. The van der Waals surface area contributed by atoms with E-state index < -0.39 is 23.8 Å². The average Bonchev–Trinajstić information content (AvgIpc) is 3.32. The molecular formula is C28H27N5O4S. The van der Waals surface area contributed by atoms with Gasteiger partial charge in [-0.05, 0) is 59.4 Å². The lowest BCUT2D eigenvalue weighted by molar-refractivity contribution is -0.122. The summed E-state index contributed by atoms with van der Waals surface area (Å²) in [5.41, 5.74) is 14.0. The van der Waals surface area contributed by atoms with Crippen LogP contribution in [-0.2, 0) is 11.3 Å². The van der Waals surface area contributed by atoms with Gasteiger partial charge in [0.1, 0.15) is 16.7 Å². The largest absolute Gasteiger partial charge is 0.497 e. The Morgan fingerprint density at radius 1 is 1.03 bits per heavy atom. The number of nitrogens with zero attached hydrogens (tertiary/aromatic N) is 2. The molecule has 5 N–H and O–H groups in total. The van der Waals surface area contributed by atoms with Gasteiger partial charge in [0, 0.05) is 12.2 Å². The third-order valence-electron chi connectivity index (χ3n) is 5.90. The first-order chi connectivity index (χ1) is 18.3. The number of nitrogen functional groups attached to an aromatic ring is 1. The fraction of sp³-hybridized carbons (Fsp3) is 0.143. The fourth-order valence-corrected chi connectivity index (χ4v) is 4.73. The minimum Gasteiger partial charge on any atom is -0.497 e. The topological polar surface area (TPSA) is 141 Å². The first-order valence-electron chi connectivity index (χ1n) is 11.7. The molecule has 1 aromatic heterocycles. The number of anilines is 2. The van der Waals surface area contributed by atoms with Gasteiger partial charge in [-0.25, -0.2) is 0 Å². The monoisotopic (exact) mass is 529 g/mol. The number of hydrogen-bond donors (Lipinski definition) is 3. The number of ether oxygens (including phenoxy) is 1. The summed E-state index contributed by atoms with van der Waals surface area (Å²) in [6.07, 6.45) is 0. The Hall–Kier alpha value is -4.70. The standard InChI is InChI=1S/C28H27N5O4S/c1-17-7-6-10-20(15-17)33(28(36)25-22(29)23(26(30)34)32-38-25)24(19-11-13-21(37-2)14-12-19)27(35)31-16-18-8-4-3-5-9-18/h3-15,24H,16,29H2,1-2H3,(H2,30,34)(H,31,35). The summed E-state index contributed by atoms with van der Waals surface area (Å²) in [6.45, 7) is 2.15. The van der Waals surface area contributed by atoms with Gasteiger partial charge in [-0.15, -0.1) is 0 Å². The van der Waals surface area contributed by atoms with Gasteiger partial charge in [-0.1, -0.05) is 54.6 Å². The van der Waals surface area contributed by atoms with Crippen LogP contribution in [0, 0.1) is 6.92 Å². The van der Waals surface area contributed by atoms with Gasteiger partial charge in [-0.2, -0.15) is 4.37 Å². The number of methoxy groups -OCH3 is 1. The maximum atomic E-state index is 14.1. The molecule has 38 heavy (non-hydrogen) atoms. The second-order valence-corrected chi connectivity index (χ2v) is 9.30. The summed E-state index contributed by atoms with van der Waals surface area (Å²) >= 11 is 0.762. The van der Waals surface area contributed by atoms with Crippen LogP contribution in [0.1, 0.15) is 42.9 Å². The number of hydrogen-bond acceptors (Lipinski definition) is 7. The van der Waals surface area contributed by atoms with Gasteiger partial charge in [0.2, 0.25) is 5.91 Å². The highest BCUT2D eigenvalue weighted by Crippen LogP contribution is 2.34. The van der Waals surface area contributed by atoms with Crippen molar-refractivity contribution < 1.29 is 19.1 Å². The first kappa shape index (κ1) is 26.4. The molecule has 0 bridgehead atoms. The van der Waals surface area contributed by atoms with Crippen molar-refractivity contribution in [1.29, 1.82) is 0 Å². The van der Waals surface area contributed by atoms with E-state index in [0.717, 1.165) is 22.7 Å². The van der Waals surface area contributed by atoms with Crippen molar-refractivity contribution in [2.45, 2.75) is 19.5 Å². The van der Waals surface area contributed by atoms with E-state index in [1.807, 2.05) is 43.3 Å². The molecule has 0 radical (unpaired) electrons. The second-order valence-electron chi connectivity index (χ2n) is 8.53. The van der Waals surface area contributed by atoms with Gasteiger partial charge >= 0.3 is 0 Å². The minimum atomic E-state index is -1.09. The van der Waals surface area contributed by atoms with Crippen LogP contribution in [0.15, 0.2) is 78.9 Å². The maximum absolute atomic E-state index is 14.1. The Balaban J connectivity index is 1.83. The molecule has 4 rings (SSSR count). The van der Waals surface area contributed by atoms with Crippen LogP contribution >= 0.6 is 11.5 Å². The zero-order valence-electron chi connectivity index (χ0n) is 20.9. The van der Waals surface area contributed by atoms with E-state index >= 15 is 0 Å². The predicted octanol–water partition coefficient (Wildman–Crippen LogP) is 3.85. The SMILES string of the molecule is COc1ccc(C(C(=O)NCc2ccccc2)N(C(=O)c2snc(C(N)=O)c2N)c2cccc(C)c2)cc1. The first-order valence-corrected chi connectivity index (χ1v) is 12.5. The van der Waals surface area contributed by atoms with Crippen molar-refractivity contribution in [3.8, 4) is 5.75 Å². The quantitative estimate of drug-likeness (QED) is 0.301. The number of rotatable bonds is 9. The lowest BCUT2D eigenvalue weighted by Gasteiger charge is -2.31. The summed E-state index contributed by atoms with van der Waals surface area (Å²) in [5.74, 6) is -1.24. The highest BCUT2D eigenvalue weighted by molar-refractivity contribution is 7.09. The van der Waals surface area contributed by atoms with Crippen LogP contribution in [0.5, 0.6) is 5.75 Å². The number of nitrogens with two attached hydrogens (primary N) is 2. The molecular weight excluding hydrogens is 502 g/mol. The van der Waals surface area contributed by atoms with Gasteiger partial charge in [0.25, 0.3) is 11.8 Å². The number of aromatic nitrogens is 1. The molecule has 1 heterocycles. The molecule has 0 aliphatic heterocycles. The van der Waals surface area contributed by atoms with Crippen molar-refractivity contribution >= 4 is 40.6 Å². The lowest BCUT2D eigenvalue weighted by Crippen LogP contribution is -2.44. The van der Waals surface area contributed by atoms with Crippen molar-refractivity contribution in [2.75, 3.05) is 17.7 Å². The molecule has 3 aromatic carbocycles. The highest BCUT2D eigenvalue weighted by Gasteiger charge is 2.36. The maximum Gasteiger partial charge on any atom is 0.273 e. The molecule has 1 atom stereocenters. The van der Waals surface area contributed by atoms with Gasteiger partial charge < -0.3 is 21.5 Å². The number of carbonyl (C=O) groups excluding carboxylic acids is 3. The third-order valence-corrected chi connectivity index (χ3v) is 6.75. The number of benzene rings is 3. The lowest BCUT2D eigenvalue weighted by atomic mass is 10.0. The Morgan fingerprint density at radius 2 is 1.74 bits per heavy atom. The summed E-state index contributed by atoms with van der Waals surface area (Å²) in [7, 11) is 1.55. The fourth-order valence-electron chi connectivity index (χ4n) is 3.99. The summed E-state index contributed by atoms with van der Waals surface area (Å²) in [4.78, 5) is 41.1. The average molecular weight is 530 g/mol. The molecule has 0 saturated carbocycles. The third kappa shape index (κ3) is 5.65. The van der Waals surface area contributed by atoms with Crippen molar-refractivity contribution in [3.63, 3.8) is 0 Å². The molecule has 0 spiro atoms. The number of aryl methyl sites for hydroxylation is 1. The van der Waals surface area contributed by atoms with E-state index in [1.165, 1.54) is 4.90 Å². The van der Waals surface area contributed by atoms with Crippen LogP contribution < -0.4 is 26.4 Å². The normalized spacial score (nSPS) is 11.4. The molecule has 0 saturated heterocycles. The van der Waals surface area contributed by atoms with E-state index in [4.69, 9.17) is 16.2 Å². The zero-order valence-corrected chi connectivity index (χ0v) is 21.7. The van der Waals surface area contributed by atoms with Crippen LogP contribution in [0.25, 0.3) is 0 Å². The molecule has 9 nitrogen and oxygen atoms in total. The van der Waals surface area contributed by atoms with E-state index in [-0.39, 0.29) is 22.8 Å². The summed E-state index contributed by atoms with van der Waals surface area (Å²) < 4.78 is 9.27. The Labute approximate surface area is 224 Å². The molecule has 3 amide bonds. The smallest absolute Gasteiger partial charge is 0.273 e. The van der Waals surface area contributed by atoms with E-state index in [0.29, 0.717) is 17.0 Å². The molecule has 1 unspecified atom stereocenters. The van der Waals surface area contributed by atoms with Crippen molar-refractivity contribution in [3.05, 3.63) is 106 Å².